The molecule has 3 N–H and O–H groups in total. The smallest absolute Gasteiger partial charge is 0.325 e. The van der Waals surface area contributed by atoms with E-state index in [1.165, 1.54) is 7.05 Å². The Morgan fingerprint density at radius 1 is 1.26 bits per heavy atom. The number of carbonyl (C=O) groups is 4. The molecule has 0 unspecified atom stereocenters. The topological polar surface area (TPSA) is 126 Å². The van der Waals surface area contributed by atoms with Crippen LogP contribution < -0.4 is 25.4 Å². The molecule has 1 aromatic carbocycles. The van der Waals surface area contributed by atoms with Crippen LogP contribution in [0.4, 0.5) is 9.59 Å². The van der Waals surface area contributed by atoms with Crippen molar-refractivity contribution in [1.29, 1.82) is 0 Å². The van der Waals surface area contributed by atoms with Crippen LogP contribution >= 0.6 is 0 Å². The monoisotopic (exact) mass is 376 g/mol. The van der Waals surface area contributed by atoms with E-state index in [2.05, 4.69) is 16.0 Å². The zero-order valence-corrected chi connectivity index (χ0v) is 15.0. The molecular formula is C17H20N4O6. The summed E-state index contributed by atoms with van der Waals surface area (Å²) in [6, 6.07) is 4.11. The van der Waals surface area contributed by atoms with Gasteiger partial charge in [0.2, 0.25) is 12.7 Å². The number of rotatable bonds is 5. The predicted octanol–water partition coefficient (Wildman–Crippen LogP) is 0.114. The molecule has 0 spiro atoms. The number of nitrogens with zero attached hydrogens (tertiary/aromatic N) is 1. The Morgan fingerprint density at radius 2 is 2.00 bits per heavy atom. The van der Waals surface area contributed by atoms with Gasteiger partial charge in [-0.05, 0) is 24.6 Å². The van der Waals surface area contributed by atoms with Crippen LogP contribution in [-0.4, -0.2) is 54.7 Å². The highest BCUT2D eigenvalue weighted by molar-refractivity contribution is 6.07. The van der Waals surface area contributed by atoms with Crippen molar-refractivity contribution in [1.82, 2.24) is 20.9 Å². The van der Waals surface area contributed by atoms with Crippen LogP contribution in [0.15, 0.2) is 18.2 Å². The van der Waals surface area contributed by atoms with Crippen molar-refractivity contribution in [3.05, 3.63) is 23.8 Å². The van der Waals surface area contributed by atoms with Crippen molar-refractivity contribution in [2.24, 2.45) is 0 Å². The fraction of sp³-hybridized carbons (Fsp3) is 0.412. The summed E-state index contributed by atoms with van der Waals surface area (Å²) >= 11 is 0. The molecule has 2 aliphatic rings. The molecule has 27 heavy (non-hydrogen) atoms. The third-order valence-electron chi connectivity index (χ3n) is 4.38. The fourth-order valence-electron chi connectivity index (χ4n) is 2.99. The molecule has 2 aliphatic heterocycles. The SMILES string of the molecule is CNC(=O)NC(=O)CCN1C(=O)N[C@@](C)(Cc2ccc3c(c2)OCO3)C1=O. The van der Waals surface area contributed by atoms with E-state index in [-0.39, 0.29) is 26.2 Å². The van der Waals surface area contributed by atoms with Crippen LogP contribution in [0.2, 0.25) is 0 Å². The Labute approximate surface area is 155 Å². The summed E-state index contributed by atoms with van der Waals surface area (Å²) < 4.78 is 10.6. The van der Waals surface area contributed by atoms with Gasteiger partial charge in [0.1, 0.15) is 5.54 Å². The molecule has 1 fully saturated rings. The van der Waals surface area contributed by atoms with Crippen LogP contribution in [0.5, 0.6) is 11.5 Å². The molecule has 0 aromatic heterocycles. The molecule has 0 bridgehead atoms. The first-order valence-electron chi connectivity index (χ1n) is 8.36. The molecule has 10 heteroatoms. The Balaban J connectivity index is 1.64. The third-order valence-corrected chi connectivity index (χ3v) is 4.38. The molecule has 1 atom stereocenters. The number of fused-ring (bicyclic) bond motifs is 1. The van der Waals surface area contributed by atoms with Gasteiger partial charge in [0.05, 0.1) is 0 Å². The van der Waals surface area contributed by atoms with E-state index in [1.807, 2.05) is 0 Å². The van der Waals surface area contributed by atoms with E-state index >= 15 is 0 Å². The number of amides is 6. The van der Waals surface area contributed by atoms with Crippen molar-refractivity contribution in [3.63, 3.8) is 0 Å². The standard InChI is InChI=1S/C17H20N4O6/c1-17(8-10-3-4-11-12(7-10)27-9-26-11)14(23)21(16(25)20-17)6-5-13(22)19-15(24)18-2/h3-4,7H,5-6,8-9H2,1-2H3,(H,20,25)(H2,18,19,22,24)/t17-/m0/s1. The van der Waals surface area contributed by atoms with Crippen molar-refractivity contribution < 1.29 is 28.7 Å². The second-order valence-corrected chi connectivity index (χ2v) is 6.46. The van der Waals surface area contributed by atoms with Crippen LogP contribution in [0, 0.1) is 0 Å². The number of carbonyl (C=O) groups excluding carboxylic acids is 4. The lowest BCUT2D eigenvalue weighted by Crippen LogP contribution is -2.46. The lowest BCUT2D eigenvalue weighted by atomic mass is 9.92. The second kappa shape index (κ2) is 7.14. The molecule has 0 saturated carbocycles. The van der Waals surface area contributed by atoms with Gasteiger partial charge in [-0.15, -0.1) is 0 Å². The number of nitrogens with one attached hydrogen (secondary N) is 3. The lowest BCUT2D eigenvalue weighted by Gasteiger charge is -2.22. The van der Waals surface area contributed by atoms with Gasteiger partial charge in [0, 0.05) is 26.4 Å². The van der Waals surface area contributed by atoms with E-state index in [0.717, 1.165) is 10.5 Å². The van der Waals surface area contributed by atoms with Crippen LogP contribution in [0.1, 0.15) is 18.9 Å². The van der Waals surface area contributed by atoms with Gasteiger partial charge < -0.3 is 20.1 Å². The van der Waals surface area contributed by atoms with E-state index in [0.29, 0.717) is 11.5 Å². The highest BCUT2D eigenvalue weighted by atomic mass is 16.7. The molecule has 3 rings (SSSR count). The number of hydrogen-bond donors (Lipinski definition) is 3. The Hall–Kier alpha value is -3.30. The van der Waals surface area contributed by atoms with Gasteiger partial charge in [-0.2, -0.15) is 0 Å². The molecule has 6 amide bonds. The van der Waals surface area contributed by atoms with Gasteiger partial charge in [0.15, 0.2) is 11.5 Å². The normalized spacial score (nSPS) is 20.4. The van der Waals surface area contributed by atoms with Crippen LogP contribution in [0.25, 0.3) is 0 Å². The highest BCUT2D eigenvalue weighted by Crippen LogP contribution is 2.34. The molecule has 10 nitrogen and oxygen atoms in total. The molecule has 144 valence electrons. The first kappa shape index (κ1) is 18.5. The average molecular weight is 376 g/mol. The molecule has 1 aromatic rings. The summed E-state index contributed by atoms with van der Waals surface area (Å²) in [5, 5.41) is 7.01. The lowest BCUT2D eigenvalue weighted by molar-refractivity contribution is -0.131. The van der Waals surface area contributed by atoms with E-state index < -0.39 is 29.4 Å². The Morgan fingerprint density at radius 3 is 2.74 bits per heavy atom. The molecular weight excluding hydrogens is 356 g/mol. The number of benzene rings is 1. The maximum absolute atomic E-state index is 12.7. The zero-order chi connectivity index (χ0) is 19.6. The molecule has 1 saturated heterocycles. The molecule has 0 aliphatic carbocycles. The summed E-state index contributed by atoms with van der Waals surface area (Å²) in [6.07, 6.45) is 0.0852. The number of hydrogen-bond acceptors (Lipinski definition) is 6. The minimum Gasteiger partial charge on any atom is -0.454 e. The maximum Gasteiger partial charge on any atom is 0.325 e. The van der Waals surface area contributed by atoms with E-state index in [4.69, 9.17) is 9.47 Å². The minimum atomic E-state index is -1.14. The van der Waals surface area contributed by atoms with E-state index in [9.17, 15) is 19.2 Å². The second-order valence-electron chi connectivity index (χ2n) is 6.46. The Kier molecular flexibility index (Phi) is 4.89. The molecule has 0 radical (unpaired) electrons. The summed E-state index contributed by atoms with van der Waals surface area (Å²) in [7, 11) is 1.38. The van der Waals surface area contributed by atoms with Gasteiger partial charge in [-0.1, -0.05) is 6.07 Å². The number of imide groups is 2. The highest BCUT2D eigenvalue weighted by Gasteiger charge is 2.47. The van der Waals surface area contributed by atoms with Crippen LogP contribution in [0.3, 0.4) is 0 Å². The summed E-state index contributed by atoms with van der Waals surface area (Å²) in [5.41, 5.74) is -0.336. The number of urea groups is 2. The summed E-state index contributed by atoms with van der Waals surface area (Å²) in [5.74, 6) is 0.210. The fourth-order valence-corrected chi connectivity index (χ4v) is 2.99. The van der Waals surface area contributed by atoms with Crippen LogP contribution in [-0.2, 0) is 16.0 Å². The average Bonchev–Trinajstić information content (AvgIpc) is 3.16. The van der Waals surface area contributed by atoms with Gasteiger partial charge in [-0.3, -0.25) is 19.8 Å². The zero-order valence-electron chi connectivity index (χ0n) is 15.0. The van der Waals surface area contributed by atoms with Gasteiger partial charge in [-0.25, -0.2) is 9.59 Å². The van der Waals surface area contributed by atoms with Crippen molar-refractivity contribution >= 4 is 23.9 Å². The largest absolute Gasteiger partial charge is 0.454 e. The third kappa shape index (κ3) is 3.78. The number of ether oxygens (including phenoxy) is 2. The van der Waals surface area contributed by atoms with Gasteiger partial charge in [0.25, 0.3) is 5.91 Å². The predicted molar refractivity (Wildman–Crippen MR) is 92.1 cm³/mol. The van der Waals surface area contributed by atoms with Crippen molar-refractivity contribution in [2.45, 2.75) is 25.3 Å². The quantitative estimate of drug-likeness (QED) is 0.627. The Bertz CT molecular complexity index is 811. The molecule has 2 heterocycles. The summed E-state index contributed by atoms with van der Waals surface area (Å²) in [6.45, 7) is 1.66. The summed E-state index contributed by atoms with van der Waals surface area (Å²) in [4.78, 5) is 48.7. The van der Waals surface area contributed by atoms with E-state index in [1.54, 1.807) is 25.1 Å². The van der Waals surface area contributed by atoms with Crippen molar-refractivity contribution in [2.75, 3.05) is 20.4 Å². The first-order chi connectivity index (χ1) is 12.8. The van der Waals surface area contributed by atoms with Crippen molar-refractivity contribution in [3.8, 4) is 11.5 Å². The minimum absolute atomic E-state index is 0.121. The van der Waals surface area contributed by atoms with Gasteiger partial charge >= 0.3 is 12.1 Å². The maximum atomic E-state index is 12.7. The first-order valence-corrected chi connectivity index (χ1v) is 8.36.